The van der Waals surface area contributed by atoms with Crippen molar-refractivity contribution in [1.82, 2.24) is 10.3 Å². The van der Waals surface area contributed by atoms with Crippen LogP contribution in [-0.2, 0) is 6.61 Å². The molecule has 0 unspecified atom stereocenters. The van der Waals surface area contributed by atoms with E-state index in [9.17, 15) is 4.79 Å². The van der Waals surface area contributed by atoms with Crippen LogP contribution < -0.4 is 10.1 Å². The second-order valence-corrected chi connectivity index (χ2v) is 8.07. The summed E-state index contributed by atoms with van der Waals surface area (Å²) in [6.07, 6.45) is 3.19. The van der Waals surface area contributed by atoms with E-state index in [2.05, 4.69) is 10.3 Å². The number of fused-ring (bicyclic) bond motifs is 2. The molecular weight excluding hydrogens is 396 g/mol. The fourth-order valence-electron chi connectivity index (χ4n) is 3.78. The lowest BCUT2D eigenvalue weighted by Crippen LogP contribution is -2.39. The lowest BCUT2D eigenvalue weighted by molar-refractivity contribution is 0.0912. The molecule has 1 saturated carbocycles. The molecule has 0 aliphatic heterocycles. The van der Waals surface area contributed by atoms with Crippen molar-refractivity contribution in [1.29, 1.82) is 0 Å². The number of halogens is 1. The summed E-state index contributed by atoms with van der Waals surface area (Å²) in [6.45, 7) is 0.264. The summed E-state index contributed by atoms with van der Waals surface area (Å²) in [6, 6.07) is 21.6. The van der Waals surface area contributed by atoms with Gasteiger partial charge in [0.2, 0.25) is 0 Å². The molecule has 5 heteroatoms. The molecule has 4 nitrogen and oxygen atoms in total. The van der Waals surface area contributed by atoms with Crippen molar-refractivity contribution in [2.45, 2.75) is 31.9 Å². The van der Waals surface area contributed by atoms with Crippen molar-refractivity contribution >= 4 is 39.2 Å². The van der Waals surface area contributed by atoms with Crippen LogP contribution in [0.2, 0.25) is 5.02 Å². The maximum absolute atomic E-state index is 13.0. The molecule has 150 valence electrons. The van der Waals surface area contributed by atoms with Gasteiger partial charge in [-0.2, -0.15) is 0 Å². The Hall–Kier alpha value is -3.11. The lowest BCUT2D eigenvalue weighted by atomic mass is 9.92. The number of nitrogens with one attached hydrogen (secondary N) is 1. The van der Waals surface area contributed by atoms with Crippen molar-refractivity contribution < 1.29 is 9.53 Å². The molecule has 0 radical (unpaired) electrons. The SMILES string of the molecule is O=C(NC1CCC1)c1cc(Cl)c2ccccc2c1OCc1ccc2ccccc2n1. The van der Waals surface area contributed by atoms with Gasteiger partial charge in [-0.25, -0.2) is 4.98 Å². The average molecular weight is 417 g/mol. The Morgan fingerprint density at radius 1 is 1.03 bits per heavy atom. The molecule has 1 aliphatic carbocycles. The van der Waals surface area contributed by atoms with E-state index in [0.717, 1.165) is 46.6 Å². The molecule has 4 aromatic rings. The third-order valence-electron chi connectivity index (χ3n) is 5.65. The van der Waals surface area contributed by atoms with E-state index in [4.69, 9.17) is 16.3 Å². The molecule has 0 saturated heterocycles. The molecule has 1 fully saturated rings. The molecule has 1 amide bonds. The molecule has 1 aliphatic rings. The normalized spacial score (nSPS) is 13.9. The highest BCUT2D eigenvalue weighted by Gasteiger charge is 2.24. The van der Waals surface area contributed by atoms with Crippen LogP contribution in [0.5, 0.6) is 5.75 Å². The van der Waals surface area contributed by atoms with Crippen LogP contribution in [0.25, 0.3) is 21.7 Å². The summed E-state index contributed by atoms with van der Waals surface area (Å²) in [7, 11) is 0. The summed E-state index contributed by atoms with van der Waals surface area (Å²) < 4.78 is 6.21. The fraction of sp³-hybridized carbons (Fsp3) is 0.200. The Bertz CT molecular complexity index is 1250. The Morgan fingerprint density at radius 2 is 1.80 bits per heavy atom. The first-order chi connectivity index (χ1) is 14.7. The number of aromatic nitrogens is 1. The minimum Gasteiger partial charge on any atom is -0.486 e. The highest BCUT2D eigenvalue weighted by molar-refractivity contribution is 6.36. The third kappa shape index (κ3) is 3.59. The first-order valence-electron chi connectivity index (χ1n) is 10.2. The zero-order valence-electron chi connectivity index (χ0n) is 16.4. The average Bonchev–Trinajstić information content (AvgIpc) is 2.75. The Kier molecular flexibility index (Phi) is 5.01. The van der Waals surface area contributed by atoms with Crippen LogP contribution >= 0.6 is 11.6 Å². The van der Waals surface area contributed by atoms with Gasteiger partial charge in [-0.05, 0) is 37.5 Å². The number of para-hydroxylation sites is 1. The largest absolute Gasteiger partial charge is 0.486 e. The van der Waals surface area contributed by atoms with Crippen molar-refractivity contribution in [3.05, 3.63) is 83.0 Å². The molecule has 0 bridgehead atoms. The number of carbonyl (C=O) groups is 1. The number of pyridine rings is 1. The number of carbonyl (C=O) groups excluding carboxylic acids is 1. The van der Waals surface area contributed by atoms with Crippen molar-refractivity contribution in [3.63, 3.8) is 0 Å². The predicted molar refractivity (Wildman–Crippen MR) is 120 cm³/mol. The van der Waals surface area contributed by atoms with E-state index in [1.54, 1.807) is 6.07 Å². The fourth-order valence-corrected chi connectivity index (χ4v) is 4.05. The van der Waals surface area contributed by atoms with Crippen LogP contribution in [0.1, 0.15) is 35.3 Å². The number of hydrogen-bond donors (Lipinski definition) is 1. The second-order valence-electron chi connectivity index (χ2n) is 7.67. The predicted octanol–water partition coefficient (Wildman–Crippen LogP) is 5.90. The number of hydrogen-bond acceptors (Lipinski definition) is 3. The van der Waals surface area contributed by atoms with Gasteiger partial charge in [0.1, 0.15) is 12.4 Å². The molecule has 3 aromatic carbocycles. The molecule has 0 atom stereocenters. The van der Waals surface area contributed by atoms with Crippen molar-refractivity contribution in [2.24, 2.45) is 0 Å². The van der Waals surface area contributed by atoms with Gasteiger partial charge in [-0.1, -0.05) is 60.1 Å². The molecule has 1 heterocycles. The van der Waals surface area contributed by atoms with Crippen molar-refractivity contribution in [2.75, 3.05) is 0 Å². The van der Waals surface area contributed by atoms with E-state index in [-0.39, 0.29) is 18.6 Å². The van der Waals surface area contributed by atoms with E-state index < -0.39 is 0 Å². The Morgan fingerprint density at radius 3 is 2.60 bits per heavy atom. The highest BCUT2D eigenvalue weighted by Crippen LogP contribution is 2.36. The van der Waals surface area contributed by atoms with Crippen LogP contribution in [0.15, 0.2) is 66.7 Å². The number of rotatable bonds is 5. The number of benzene rings is 3. The highest BCUT2D eigenvalue weighted by atomic mass is 35.5. The van der Waals surface area contributed by atoms with Crippen LogP contribution in [0, 0.1) is 0 Å². The topological polar surface area (TPSA) is 51.2 Å². The molecule has 1 N–H and O–H groups in total. The summed E-state index contributed by atoms with van der Waals surface area (Å²) in [5.41, 5.74) is 2.19. The zero-order valence-corrected chi connectivity index (χ0v) is 17.2. The summed E-state index contributed by atoms with van der Waals surface area (Å²) in [4.78, 5) is 17.7. The molecule has 5 rings (SSSR count). The van der Waals surface area contributed by atoms with Crippen LogP contribution in [0.3, 0.4) is 0 Å². The number of ether oxygens (including phenoxy) is 1. The van der Waals surface area contributed by atoms with Gasteiger partial charge in [-0.15, -0.1) is 0 Å². The van der Waals surface area contributed by atoms with Gasteiger partial charge >= 0.3 is 0 Å². The Labute approximate surface area is 179 Å². The van der Waals surface area contributed by atoms with E-state index in [1.165, 1.54) is 0 Å². The standard InChI is InChI=1S/C25H21ClN2O2/c26-22-14-21(25(29)28-17-7-5-8-17)24(20-10-3-2-9-19(20)22)30-15-18-13-12-16-6-1-4-11-23(16)27-18/h1-4,6,9-14,17H,5,7-8,15H2,(H,28,29). The van der Waals surface area contributed by atoms with Crippen LogP contribution in [-0.4, -0.2) is 16.9 Å². The van der Waals surface area contributed by atoms with E-state index >= 15 is 0 Å². The quantitative estimate of drug-likeness (QED) is 0.440. The molecule has 1 aromatic heterocycles. The van der Waals surface area contributed by atoms with Gasteiger partial charge in [0.25, 0.3) is 5.91 Å². The lowest BCUT2D eigenvalue weighted by Gasteiger charge is -2.27. The minimum atomic E-state index is -0.145. The van der Waals surface area contributed by atoms with Gasteiger partial charge in [0.15, 0.2) is 0 Å². The molecule has 0 spiro atoms. The van der Waals surface area contributed by atoms with Gasteiger partial charge in [-0.3, -0.25) is 4.79 Å². The smallest absolute Gasteiger partial charge is 0.255 e. The van der Waals surface area contributed by atoms with Gasteiger partial charge < -0.3 is 10.1 Å². The first-order valence-corrected chi connectivity index (χ1v) is 10.6. The van der Waals surface area contributed by atoms with Gasteiger partial charge in [0.05, 0.1) is 16.8 Å². The number of amides is 1. The third-order valence-corrected chi connectivity index (χ3v) is 5.96. The summed E-state index contributed by atoms with van der Waals surface area (Å²) >= 11 is 6.50. The van der Waals surface area contributed by atoms with Gasteiger partial charge in [0, 0.05) is 27.2 Å². The minimum absolute atomic E-state index is 0.145. The summed E-state index contributed by atoms with van der Waals surface area (Å²) in [5, 5.41) is 6.40. The zero-order chi connectivity index (χ0) is 20.5. The number of nitrogens with zero attached hydrogens (tertiary/aromatic N) is 1. The van der Waals surface area contributed by atoms with E-state index in [1.807, 2.05) is 60.7 Å². The monoisotopic (exact) mass is 416 g/mol. The van der Waals surface area contributed by atoms with Crippen LogP contribution in [0.4, 0.5) is 0 Å². The maximum atomic E-state index is 13.0. The van der Waals surface area contributed by atoms with E-state index in [0.29, 0.717) is 16.3 Å². The van der Waals surface area contributed by atoms with Crippen molar-refractivity contribution in [3.8, 4) is 5.75 Å². The molecule has 30 heavy (non-hydrogen) atoms. The summed E-state index contributed by atoms with van der Waals surface area (Å²) in [5.74, 6) is 0.399. The molecular formula is C25H21ClN2O2. The first kappa shape index (κ1) is 18.9. The Balaban J connectivity index is 1.51. The second kappa shape index (κ2) is 7.96. The maximum Gasteiger partial charge on any atom is 0.255 e.